The average molecular weight is 306 g/mol. The Morgan fingerprint density at radius 1 is 1.69 bits per heavy atom. The summed E-state index contributed by atoms with van der Waals surface area (Å²) in [7, 11) is 0. The van der Waals surface area contributed by atoms with Crippen molar-refractivity contribution in [1.82, 2.24) is 5.32 Å². The van der Waals surface area contributed by atoms with Gasteiger partial charge in [-0.3, -0.25) is 0 Å². The Kier molecular flexibility index (Phi) is 4.02. The van der Waals surface area contributed by atoms with Crippen molar-refractivity contribution >= 4 is 27.3 Å². The minimum atomic E-state index is -0.808. The van der Waals surface area contributed by atoms with Crippen LogP contribution in [0.4, 0.5) is 0 Å². The number of hydrogen-bond acceptors (Lipinski definition) is 4. The van der Waals surface area contributed by atoms with E-state index in [2.05, 4.69) is 21.2 Å². The van der Waals surface area contributed by atoms with E-state index < -0.39 is 5.60 Å². The highest BCUT2D eigenvalue weighted by Crippen LogP contribution is 2.34. The fraction of sp³-hybridized carbons (Fsp3) is 0.636. The minimum absolute atomic E-state index is 0.232. The fourth-order valence-corrected chi connectivity index (χ4v) is 3.85. The lowest BCUT2D eigenvalue weighted by atomic mass is 9.91. The molecule has 1 aliphatic rings. The van der Waals surface area contributed by atoms with Crippen LogP contribution in [0.1, 0.15) is 18.9 Å². The van der Waals surface area contributed by atoms with Crippen LogP contribution >= 0.6 is 27.3 Å². The van der Waals surface area contributed by atoms with Crippen molar-refractivity contribution in [2.45, 2.75) is 25.0 Å². The topological polar surface area (TPSA) is 41.5 Å². The number of morpholine rings is 1. The van der Waals surface area contributed by atoms with Gasteiger partial charge >= 0.3 is 0 Å². The monoisotopic (exact) mass is 305 g/mol. The number of halogens is 1. The first-order valence-corrected chi connectivity index (χ1v) is 7.09. The predicted molar refractivity (Wildman–Crippen MR) is 68.8 cm³/mol. The van der Waals surface area contributed by atoms with Crippen LogP contribution in [0.25, 0.3) is 0 Å². The number of rotatable bonds is 3. The van der Waals surface area contributed by atoms with Gasteiger partial charge in [0.2, 0.25) is 0 Å². The highest BCUT2D eigenvalue weighted by molar-refractivity contribution is 9.10. The maximum absolute atomic E-state index is 10.5. The molecule has 0 amide bonds. The summed E-state index contributed by atoms with van der Waals surface area (Å²) in [5.74, 6) is 0. The summed E-state index contributed by atoms with van der Waals surface area (Å²) in [5.41, 5.74) is 0.155. The van der Waals surface area contributed by atoms with Crippen LogP contribution in [0, 0.1) is 0 Å². The van der Waals surface area contributed by atoms with E-state index in [1.165, 1.54) is 0 Å². The quantitative estimate of drug-likeness (QED) is 0.898. The molecule has 2 rings (SSSR count). The molecule has 0 bridgehead atoms. The molecule has 0 radical (unpaired) electrons. The first-order chi connectivity index (χ1) is 7.59. The molecule has 90 valence electrons. The Hall–Kier alpha value is 0.0600. The molecule has 16 heavy (non-hydrogen) atoms. The highest BCUT2D eigenvalue weighted by Gasteiger charge is 2.30. The SMILES string of the molecule is CC(O)(CC1COCCN1)c1cscc1Br. The van der Waals surface area contributed by atoms with Crippen molar-refractivity contribution in [2.75, 3.05) is 19.8 Å². The molecule has 2 N–H and O–H groups in total. The van der Waals surface area contributed by atoms with Crippen molar-refractivity contribution < 1.29 is 9.84 Å². The van der Waals surface area contributed by atoms with Crippen molar-refractivity contribution in [3.05, 3.63) is 20.8 Å². The lowest BCUT2D eigenvalue weighted by Crippen LogP contribution is -2.45. The molecule has 0 saturated carbocycles. The standard InChI is InChI=1S/C11H16BrNO2S/c1-11(14,9-6-16-7-10(9)12)4-8-5-15-3-2-13-8/h6-8,13-14H,2-5H2,1H3. The second-order valence-electron chi connectivity index (χ2n) is 4.34. The third-order valence-corrected chi connectivity index (χ3v) is 4.54. The van der Waals surface area contributed by atoms with Gasteiger partial charge in [-0.1, -0.05) is 0 Å². The molecule has 1 fully saturated rings. The van der Waals surface area contributed by atoms with Gasteiger partial charge in [0, 0.05) is 28.0 Å². The molecule has 2 heterocycles. The second-order valence-corrected chi connectivity index (χ2v) is 5.94. The summed E-state index contributed by atoms with van der Waals surface area (Å²) in [4.78, 5) is 0. The second kappa shape index (κ2) is 5.14. The van der Waals surface area contributed by atoms with E-state index in [0.717, 1.165) is 23.2 Å². The molecule has 0 aromatic carbocycles. The van der Waals surface area contributed by atoms with Gasteiger partial charge in [-0.2, -0.15) is 11.3 Å². The number of ether oxygens (including phenoxy) is 1. The van der Waals surface area contributed by atoms with E-state index in [4.69, 9.17) is 4.74 Å². The Balaban J connectivity index is 2.04. The first kappa shape index (κ1) is 12.5. The Morgan fingerprint density at radius 2 is 2.50 bits per heavy atom. The van der Waals surface area contributed by atoms with E-state index in [0.29, 0.717) is 13.0 Å². The van der Waals surface area contributed by atoms with Crippen molar-refractivity contribution in [3.8, 4) is 0 Å². The van der Waals surface area contributed by atoms with E-state index in [1.54, 1.807) is 11.3 Å². The third kappa shape index (κ3) is 2.84. The van der Waals surface area contributed by atoms with Crippen LogP contribution in [-0.2, 0) is 10.3 Å². The van der Waals surface area contributed by atoms with Crippen LogP contribution in [0.15, 0.2) is 15.2 Å². The molecule has 0 aliphatic carbocycles. The summed E-state index contributed by atoms with van der Waals surface area (Å²) < 4.78 is 6.38. The zero-order valence-corrected chi connectivity index (χ0v) is 11.6. The Bertz CT molecular complexity index is 348. The Labute approximate surface area is 108 Å². The number of hydrogen-bond donors (Lipinski definition) is 2. The van der Waals surface area contributed by atoms with Crippen molar-refractivity contribution in [2.24, 2.45) is 0 Å². The largest absolute Gasteiger partial charge is 0.385 e. The van der Waals surface area contributed by atoms with Gasteiger partial charge in [0.05, 0.1) is 18.8 Å². The van der Waals surface area contributed by atoms with Crippen LogP contribution < -0.4 is 5.32 Å². The van der Waals surface area contributed by atoms with Gasteiger partial charge in [-0.25, -0.2) is 0 Å². The number of aliphatic hydroxyl groups is 1. The summed E-state index contributed by atoms with van der Waals surface area (Å²) in [6, 6.07) is 0.232. The molecular weight excluding hydrogens is 290 g/mol. The fourth-order valence-electron chi connectivity index (χ4n) is 2.01. The maximum atomic E-state index is 10.5. The smallest absolute Gasteiger partial charge is 0.0903 e. The van der Waals surface area contributed by atoms with Gasteiger partial charge < -0.3 is 15.2 Å². The van der Waals surface area contributed by atoms with E-state index in [9.17, 15) is 5.11 Å². The van der Waals surface area contributed by atoms with Crippen LogP contribution in [-0.4, -0.2) is 30.9 Å². The zero-order chi connectivity index (χ0) is 11.6. The highest BCUT2D eigenvalue weighted by atomic mass is 79.9. The van der Waals surface area contributed by atoms with Crippen LogP contribution in [0.2, 0.25) is 0 Å². The van der Waals surface area contributed by atoms with E-state index >= 15 is 0 Å². The molecule has 2 atom stereocenters. The summed E-state index contributed by atoms with van der Waals surface area (Å²) in [6.45, 7) is 4.17. The molecule has 5 heteroatoms. The molecule has 1 aromatic rings. The summed E-state index contributed by atoms with van der Waals surface area (Å²) in [6.07, 6.45) is 0.669. The molecule has 1 saturated heterocycles. The van der Waals surface area contributed by atoms with Crippen LogP contribution in [0.5, 0.6) is 0 Å². The van der Waals surface area contributed by atoms with Gasteiger partial charge in [0.15, 0.2) is 0 Å². The van der Waals surface area contributed by atoms with Crippen molar-refractivity contribution in [3.63, 3.8) is 0 Å². The lowest BCUT2D eigenvalue weighted by Gasteiger charge is -2.31. The third-order valence-electron chi connectivity index (χ3n) is 2.84. The molecule has 3 nitrogen and oxygen atoms in total. The molecule has 2 unspecified atom stereocenters. The average Bonchev–Trinajstić information content (AvgIpc) is 2.66. The maximum Gasteiger partial charge on any atom is 0.0903 e. The van der Waals surface area contributed by atoms with Gasteiger partial charge in [0.1, 0.15) is 0 Å². The zero-order valence-electron chi connectivity index (χ0n) is 9.20. The normalized spacial score (nSPS) is 25.3. The molecule has 1 aromatic heterocycles. The van der Waals surface area contributed by atoms with Gasteiger partial charge in [-0.15, -0.1) is 0 Å². The van der Waals surface area contributed by atoms with Crippen molar-refractivity contribution in [1.29, 1.82) is 0 Å². The minimum Gasteiger partial charge on any atom is -0.385 e. The summed E-state index contributed by atoms with van der Waals surface area (Å²) >= 11 is 5.06. The van der Waals surface area contributed by atoms with Crippen LogP contribution in [0.3, 0.4) is 0 Å². The Morgan fingerprint density at radius 3 is 3.06 bits per heavy atom. The van der Waals surface area contributed by atoms with E-state index in [1.807, 2.05) is 17.7 Å². The molecule has 0 spiro atoms. The predicted octanol–water partition coefficient (Wildman–Crippen LogP) is 2.10. The van der Waals surface area contributed by atoms with E-state index in [-0.39, 0.29) is 6.04 Å². The first-order valence-electron chi connectivity index (χ1n) is 5.35. The molecule has 1 aliphatic heterocycles. The van der Waals surface area contributed by atoms with Gasteiger partial charge in [-0.05, 0) is 34.7 Å². The lowest BCUT2D eigenvalue weighted by molar-refractivity contribution is 0.00306. The van der Waals surface area contributed by atoms with Gasteiger partial charge in [0.25, 0.3) is 0 Å². The number of thiophene rings is 1. The molecular formula is C11H16BrNO2S. The summed E-state index contributed by atoms with van der Waals surface area (Å²) in [5, 5.41) is 17.8. The number of nitrogens with one attached hydrogen (secondary N) is 1.